The molecule has 1 unspecified atom stereocenters. The predicted molar refractivity (Wildman–Crippen MR) is 76.4 cm³/mol. The minimum absolute atomic E-state index is 0.177. The lowest BCUT2D eigenvalue weighted by atomic mass is 10.2. The molecule has 0 amide bonds. The second kappa shape index (κ2) is 6.44. The van der Waals surface area contributed by atoms with E-state index in [1.54, 1.807) is 0 Å². The summed E-state index contributed by atoms with van der Waals surface area (Å²) in [6.45, 7) is 6.43. The molecule has 1 atom stereocenters. The highest BCUT2D eigenvalue weighted by Gasteiger charge is 2.24. The first-order valence-corrected chi connectivity index (χ1v) is 6.81. The molecular formula is C15H21N3O. The van der Waals surface area contributed by atoms with E-state index in [2.05, 4.69) is 22.4 Å². The number of anilines is 1. The summed E-state index contributed by atoms with van der Waals surface area (Å²) in [6.07, 6.45) is 1.24. The van der Waals surface area contributed by atoms with Crippen LogP contribution in [-0.4, -0.2) is 31.8 Å². The number of nitriles is 1. The number of hydrogen-bond acceptors (Lipinski definition) is 4. The minimum Gasteiger partial charge on any atom is -0.489 e. The van der Waals surface area contributed by atoms with Crippen molar-refractivity contribution >= 4 is 5.69 Å². The zero-order valence-corrected chi connectivity index (χ0v) is 11.6. The summed E-state index contributed by atoms with van der Waals surface area (Å²) in [5.41, 5.74) is 1.15. The highest BCUT2D eigenvalue weighted by atomic mass is 16.5. The lowest BCUT2D eigenvalue weighted by Gasteiger charge is -2.23. The molecule has 0 aliphatic carbocycles. The second-order valence-electron chi connectivity index (χ2n) is 5.10. The number of benzene rings is 1. The molecule has 1 aromatic carbocycles. The number of nitrogens with zero attached hydrogens (tertiary/aromatic N) is 2. The number of rotatable bonds is 5. The van der Waals surface area contributed by atoms with Crippen LogP contribution in [0.4, 0.5) is 5.69 Å². The highest BCUT2D eigenvalue weighted by Crippen LogP contribution is 2.31. The number of para-hydroxylation sites is 2. The van der Waals surface area contributed by atoms with Crippen molar-refractivity contribution in [2.75, 3.05) is 24.5 Å². The standard InChI is InChI=1S/C15H21N3O/c1-12(2)19-15-6-4-3-5-14(15)18-10-7-13(11-18)17-9-8-16/h3-6,12-13,17H,7,9-11H2,1-2H3. The molecule has 1 aromatic rings. The van der Waals surface area contributed by atoms with Gasteiger partial charge in [0.15, 0.2) is 0 Å². The Hall–Kier alpha value is -1.73. The van der Waals surface area contributed by atoms with E-state index in [9.17, 15) is 0 Å². The third-order valence-corrected chi connectivity index (χ3v) is 3.23. The maximum absolute atomic E-state index is 8.61. The van der Waals surface area contributed by atoms with Gasteiger partial charge in [0.2, 0.25) is 0 Å². The van der Waals surface area contributed by atoms with E-state index >= 15 is 0 Å². The van der Waals surface area contributed by atoms with E-state index in [1.807, 2.05) is 32.0 Å². The lowest BCUT2D eigenvalue weighted by molar-refractivity contribution is 0.243. The Labute approximate surface area is 115 Å². The van der Waals surface area contributed by atoms with Crippen molar-refractivity contribution in [3.05, 3.63) is 24.3 Å². The molecule has 2 rings (SSSR count). The Morgan fingerprint density at radius 2 is 2.26 bits per heavy atom. The molecule has 1 heterocycles. The molecule has 1 aliphatic rings. The van der Waals surface area contributed by atoms with Gasteiger partial charge in [-0.15, -0.1) is 0 Å². The lowest BCUT2D eigenvalue weighted by Crippen LogP contribution is -2.32. The predicted octanol–water partition coefficient (Wildman–Crippen LogP) is 2.17. The highest BCUT2D eigenvalue weighted by molar-refractivity contribution is 5.59. The molecule has 4 heteroatoms. The van der Waals surface area contributed by atoms with Crippen molar-refractivity contribution in [3.63, 3.8) is 0 Å². The quantitative estimate of drug-likeness (QED) is 0.823. The summed E-state index contributed by atoms with van der Waals surface area (Å²) in [6, 6.07) is 10.7. The summed E-state index contributed by atoms with van der Waals surface area (Å²) >= 11 is 0. The smallest absolute Gasteiger partial charge is 0.142 e. The Bertz CT molecular complexity index is 453. The zero-order chi connectivity index (χ0) is 13.7. The van der Waals surface area contributed by atoms with E-state index < -0.39 is 0 Å². The topological polar surface area (TPSA) is 48.3 Å². The van der Waals surface area contributed by atoms with Gasteiger partial charge in [0.05, 0.1) is 24.4 Å². The van der Waals surface area contributed by atoms with Gasteiger partial charge in [-0.1, -0.05) is 12.1 Å². The normalized spacial score (nSPS) is 18.6. The third-order valence-electron chi connectivity index (χ3n) is 3.23. The molecule has 0 bridgehead atoms. The molecule has 102 valence electrons. The molecule has 1 N–H and O–H groups in total. The average Bonchev–Trinajstić information content (AvgIpc) is 2.85. The van der Waals surface area contributed by atoms with E-state index in [4.69, 9.17) is 10.00 Å². The SMILES string of the molecule is CC(C)Oc1ccccc1N1CCC(NCC#N)C1. The second-order valence-corrected chi connectivity index (χ2v) is 5.10. The first-order valence-electron chi connectivity index (χ1n) is 6.81. The Kier molecular flexibility index (Phi) is 4.64. The van der Waals surface area contributed by atoms with E-state index in [-0.39, 0.29) is 6.10 Å². The van der Waals surface area contributed by atoms with Gasteiger partial charge in [-0.05, 0) is 32.4 Å². The number of nitrogens with one attached hydrogen (secondary N) is 1. The van der Waals surface area contributed by atoms with Crippen LogP contribution in [0, 0.1) is 11.3 Å². The third kappa shape index (κ3) is 3.62. The Balaban J connectivity index is 2.04. The Morgan fingerprint density at radius 3 is 3.00 bits per heavy atom. The van der Waals surface area contributed by atoms with Crippen LogP contribution in [0.2, 0.25) is 0 Å². The van der Waals surface area contributed by atoms with E-state index in [0.717, 1.165) is 30.9 Å². The van der Waals surface area contributed by atoms with Crippen molar-refractivity contribution in [1.82, 2.24) is 5.32 Å². The summed E-state index contributed by atoms with van der Waals surface area (Å²) < 4.78 is 5.86. The van der Waals surface area contributed by atoms with Gasteiger partial charge in [0.25, 0.3) is 0 Å². The monoisotopic (exact) mass is 259 g/mol. The van der Waals surface area contributed by atoms with Crippen LogP contribution < -0.4 is 15.0 Å². The van der Waals surface area contributed by atoms with Gasteiger partial charge in [-0.3, -0.25) is 5.32 Å². The van der Waals surface area contributed by atoms with Crippen molar-refractivity contribution < 1.29 is 4.74 Å². The minimum atomic E-state index is 0.177. The van der Waals surface area contributed by atoms with Crippen molar-refractivity contribution in [3.8, 4) is 11.8 Å². The first kappa shape index (κ1) is 13.7. The molecule has 0 radical (unpaired) electrons. The van der Waals surface area contributed by atoms with Gasteiger partial charge >= 0.3 is 0 Å². The fourth-order valence-electron chi connectivity index (χ4n) is 2.41. The number of hydrogen-bond donors (Lipinski definition) is 1. The molecular weight excluding hydrogens is 238 g/mol. The summed E-state index contributed by atoms with van der Waals surface area (Å²) in [5, 5.41) is 11.9. The van der Waals surface area contributed by atoms with Crippen molar-refractivity contribution in [1.29, 1.82) is 5.26 Å². The molecule has 0 spiro atoms. The molecule has 19 heavy (non-hydrogen) atoms. The molecule has 4 nitrogen and oxygen atoms in total. The molecule has 0 aromatic heterocycles. The molecule has 0 saturated carbocycles. The van der Waals surface area contributed by atoms with E-state index in [0.29, 0.717) is 12.6 Å². The van der Waals surface area contributed by atoms with Crippen molar-refractivity contribution in [2.24, 2.45) is 0 Å². The molecule has 1 fully saturated rings. The maximum atomic E-state index is 8.61. The summed E-state index contributed by atoms with van der Waals surface area (Å²) in [7, 11) is 0. The summed E-state index contributed by atoms with van der Waals surface area (Å²) in [4.78, 5) is 2.33. The van der Waals surface area contributed by atoms with Crippen LogP contribution >= 0.6 is 0 Å². The zero-order valence-electron chi connectivity index (χ0n) is 11.6. The van der Waals surface area contributed by atoms with Gasteiger partial charge < -0.3 is 9.64 Å². The largest absolute Gasteiger partial charge is 0.489 e. The fraction of sp³-hybridized carbons (Fsp3) is 0.533. The van der Waals surface area contributed by atoms with Gasteiger partial charge in [-0.25, -0.2) is 0 Å². The number of ether oxygens (including phenoxy) is 1. The van der Waals surface area contributed by atoms with Crippen LogP contribution in [0.5, 0.6) is 5.75 Å². The van der Waals surface area contributed by atoms with Crippen LogP contribution in [0.1, 0.15) is 20.3 Å². The van der Waals surface area contributed by atoms with Crippen LogP contribution in [0.15, 0.2) is 24.3 Å². The first-order chi connectivity index (χ1) is 9.20. The van der Waals surface area contributed by atoms with E-state index in [1.165, 1.54) is 0 Å². The molecule has 1 aliphatic heterocycles. The summed E-state index contributed by atoms with van der Waals surface area (Å²) in [5.74, 6) is 0.943. The molecule has 1 saturated heterocycles. The van der Waals surface area contributed by atoms with Crippen LogP contribution in [0.25, 0.3) is 0 Å². The van der Waals surface area contributed by atoms with Gasteiger partial charge in [0.1, 0.15) is 5.75 Å². The van der Waals surface area contributed by atoms with Gasteiger partial charge in [0, 0.05) is 19.1 Å². The van der Waals surface area contributed by atoms with Crippen LogP contribution in [-0.2, 0) is 0 Å². The fourth-order valence-corrected chi connectivity index (χ4v) is 2.41. The van der Waals surface area contributed by atoms with Crippen LogP contribution in [0.3, 0.4) is 0 Å². The Morgan fingerprint density at radius 1 is 1.47 bits per heavy atom. The maximum Gasteiger partial charge on any atom is 0.142 e. The van der Waals surface area contributed by atoms with Gasteiger partial charge in [-0.2, -0.15) is 5.26 Å². The average molecular weight is 259 g/mol. The van der Waals surface area contributed by atoms with Crippen molar-refractivity contribution in [2.45, 2.75) is 32.4 Å².